The fourth-order valence-corrected chi connectivity index (χ4v) is 10.4. The largest absolute Gasteiger partial charge is 0.494 e. The van der Waals surface area contributed by atoms with Crippen LogP contribution in [0.1, 0.15) is 101 Å². The van der Waals surface area contributed by atoms with Gasteiger partial charge in [-0.1, -0.05) is 83.9 Å². The SMILES string of the molecule is COc1ccc(Cl)c(CNC(=O)c2ccc3c(c2)C2OC3c3cc(-c4cccc(F)c4)ccc32)c1F.COc1ccc(Cl)c(CNC(=O)c2ccc3c(c2)C2OC3c3ccc(-c4cccc(F)c4)cc32)c1F. The first-order valence-electron chi connectivity index (χ1n) is 22.8. The van der Waals surface area contributed by atoms with Crippen LogP contribution in [0.3, 0.4) is 0 Å². The van der Waals surface area contributed by atoms with Gasteiger partial charge in [-0.05, 0) is 152 Å². The van der Waals surface area contributed by atoms with Crippen LogP contribution in [-0.2, 0) is 22.6 Å². The molecule has 4 bridgehead atoms. The summed E-state index contributed by atoms with van der Waals surface area (Å²) in [6.45, 7) is -0.161. The molecule has 72 heavy (non-hydrogen) atoms. The van der Waals surface area contributed by atoms with Gasteiger partial charge in [-0.2, -0.15) is 0 Å². The summed E-state index contributed by atoms with van der Waals surface area (Å²) in [6.07, 6.45) is -1.04. The van der Waals surface area contributed by atoms with E-state index in [2.05, 4.69) is 10.6 Å². The van der Waals surface area contributed by atoms with Crippen LogP contribution in [-0.4, -0.2) is 26.0 Å². The Morgan fingerprint density at radius 1 is 0.458 bits per heavy atom. The molecule has 0 aliphatic carbocycles. The third kappa shape index (κ3) is 8.33. The number of methoxy groups -OCH3 is 2. The summed E-state index contributed by atoms with van der Waals surface area (Å²) in [6, 6.07) is 41.9. The highest BCUT2D eigenvalue weighted by Crippen LogP contribution is 2.56. The van der Waals surface area contributed by atoms with Crippen molar-refractivity contribution in [3.63, 3.8) is 0 Å². The van der Waals surface area contributed by atoms with Gasteiger partial charge in [0.2, 0.25) is 0 Å². The first-order valence-corrected chi connectivity index (χ1v) is 23.6. The highest BCUT2D eigenvalue weighted by Gasteiger charge is 2.44. The molecule has 4 aliphatic heterocycles. The third-order valence-corrected chi connectivity index (χ3v) is 14.3. The van der Waals surface area contributed by atoms with Gasteiger partial charge < -0.3 is 29.6 Å². The van der Waals surface area contributed by atoms with Crippen LogP contribution < -0.4 is 20.1 Å². The Bertz CT molecular complexity index is 3530. The van der Waals surface area contributed by atoms with Crippen molar-refractivity contribution in [2.24, 2.45) is 0 Å². The molecular weight excluding hydrogens is 968 g/mol. The van der Waals surface area contributed by atoms with Crippen LogP contribution in [0.4, 0.5) is 17.6 Å². The van der Waals surface area contributed by atoms with E-state index < -0.39 is 11.6 Å². The summed E-state index contributed by atoms with van der Waals surface area (Å²) in [5.41, 5.74) is 12.7. The highest BCUT2D eigenvalue weighted by atomic mass is 35.5. The standard InChI is InChI=1S/2C29H20ClF2NO3/c1-35-25-10-9-24(30)23(26(25)32)14-33-29(34)17-6-8-20-22(13-17)28-19-7-5-16(12-21(19)27(20)36-28)15-3-2-4-18(31)11-15;1-35-25-10-9-24(30)23(26(25)32)14-33-29(34)17-6-8-20-22(13-17)28-21-12-16(5-7-19(21)27(20)36-28)15-3-2-4-18(31)11-15/h2*2-13,27-28H,14H2,1H3,(H,33,34). The fourth-order valence-electron chi connectivity index (χ4n) is 10.0. The first-order chi connectivity index (χ1) is 34.9. The molecule has 0 spiro atoms. The van der Waals surface area contributed by atoms with E-state index in [1.54, 1.807) is 24.3 Å². The van der Waals surface area contributed by atoms with Gasteiger partial charge in [0, 0.05) is 45.4 Å². The smallest absolute Gasteiger partial charge is 0.251 e. The molecule has 0 radical (unpaired) electrons. The summed E-state index contributed by atoms with van der Waals surface area (Å²) in [7, 11) is 2.74. The molecule has 2 amide bonds. The number of carbonyl (C=O) groups is 2. The van der Waals surface area contributed by atoms with Gasteiger partial charge in [-0.25, -0.2) is 17.6 Å². The lowest BCUT2D eigenvalue weighted by atomic mass is 9.84. The molecule has 0 fully saturated rings. The molecular formula is C58H40Cl2F4N2O6. The molecule has 8 aromatic carbocycles. The minimum atomic E-state index is -0.601. The molecule has 8 aromatic rings. The topological polar surface area (TPSA) is 95.1 Å². The maximum atomic E-state index is 14.6. The molecule has 4 heterocycles. The summed E-state index contributed by atoms with van der Waals surface area (Å²) in [5.74, 6) is -2.34. The second-order valence-corrected chi connectivity index (χ2v) is 18.5. The number of fused-ring (bicyclic) bond motifs is 16. The Labute approximate surface area is 421 Å². The zero-order valence-electron chi connectivity index (χ0n) is 38.3. The van der Waals surface area contributed by atoms with Crippen molar-refractivity contribution < 1.29 is 46.1 Å². The van der Waals surface area contributed by atoms with E-state index in [1.165, 1.54) is 62.8 Å². The van der Waals surface area contributed by atoms with Crippen molar-refractivity contribution in [2.45, 2.75) is 37.5 Å². The van der Waals surface area contributed by atoms with E-state index in [4.69, 9.17) is 42.1 Å². The Hall–Kier alpha value is -7.48. The van der Waals surface area contributed by atoms with Gasteiger partial charge >= 0.3 is 0 Å². The van der Waals surface area contributed by atoms with Crippen LogP contribution in [0.5, 0.6) is 11.5 Å². The fraction of sp³-hybridized carbons (Fsp3) is 0.138. The van der Waals surface area contributed by atoms with Crippen LogP contribution in [0.15, 0.2) is 146 Å². The summed E-state index contributed by atoms with van der Waals surface area (Å²) in [5, 5.41) is 5.90. The van der Waals surface area contributed by atoms with Crippen molar-refractivity contribution >= 4 is 35.0 Å². The van der Waals surface area contributed by atoms with Crippen LogP contribution in [0.25, 0.3) is 22.3 Å². The number of benzene rings is 8. The zero-order valence-corrected chi connectivity index (χ0v) is 39.8. The van der Waals surface area contributed by atoms with Gasteiger partial charge in [0.1, 0.15) is 36.1 Å². The number of ether oxygens (including phenoxy) is 4. The number of hydrogen-bond acceptors (Lipinski definition) is 6. The third-order valence-electron chi connectivity index (χ3n) is 13.6. The monoisotopic (exact) mass is 1010 g/mol. The van der Waals surface area contributed by atoms with E-state index in [0.29, 0.717) is 11.1 Å². The number of amides is 2. The number of halogens is 6. The van der Waals surface area contributed by atoms with Crippen molar-refractivity contribution in [2.75, 3.05) is 14.2 Å². The van der Waals surface area contributed by atoms with E-state index in [-0.39, 0.29) is 93.6 Å². The van der Waals surface area contributed by atoms with Crippen LogP contribution >= 0.6 is 23.2 Å². The molecule has 0 aromatic heterocycles. The van der Waals surface area contributed by atoms with Gasteiger partial charge in [-0.3, -0.25) is 9.59 Å². The molecule has 0 saturated heterocycles. The van der Waals surface area contributed by atoms with Gasteiger partial charge in [0.25, 0.3) is 11.8 Å². The average molecular weight is 1010 g/mol. The Morgan fingerprint density at radius 2 is 0.819 bits per heavy atom. The van der Waals surface area contributed by atoms with E-state index in [0.717, 1.165) is 66.8 Å². The molecule has 8 nitrogen and oxygen atoms in total. The van der Waals surface area contributed by atoms with E-state index in [9.17, 15) is 27.2 Å². The maximum Gasteiger partial charge on any atom is 0.251 e. The molecule has 4 atom stereocenters. The van der Waals surface area contributed by atoms with Gasteiger partial charge in [-0.15, -0.1) is 0 Å². The predicted molar refractivity (Wildman–Crippen MR) is 264 cm³/mol. The predicted octanol–water partition coefficient (Wildman–Crippen LogP) is 13.5. The van der Waals surface area contributed by atoms with Crippen molar-refractivity contribution in [1.82, 2.24) is 10.6 Å². The zero-order chi connectivity index (χ0) is 49.9. The lowest BCUT2D eigenvalue weighted by molar-refractivity contribution is 0.0856. The molecule has 14 heteroatoms. The molecule has 360 valence electrons. The molecule has 4 aliphatic rings. The highest BCUT2D eigenvalue weighted by molar-refractivity contribution is 6.31. The lowest BCUT2D eigenvalue weighted by Gasteiger charge is -2.18. The lowest BCUT2D eigenvalue weighted by Crippen LogP contribution is -2.24. The van der Waals surface area contributed by atoms with Crippen LogP contribution in [0.2, 0.25) is 10.0 Å². The van der Waals surface area contributed by atoms with E-state index in [1.807, 2.05) is 72.8 Å². The van der Waals surface area contributed by atoms with E-state index >= 15 is 0 Å². The Kier molecular flexibility index (Phi) is 12.3. The van der Waals surface area contributed by atoms with Gasteiger partial charge in [0.05, 0.1) is 14.2 Å². The number of nitrogens with one attached hydrogen (secondary N) is 2. The summed E-state index contributed by atoms with van der Waals surface area (Å²) >= 11 is 12.3. The molecule has 4 unspecified atom stereocenters. The van der Waals surface area contributed by atoms with Crippen molar-refractivity contribution in [3.05, 3.63) is 246 Å². The van der Waals surface area contributed by atoms with Gasteiger partial charge in [0.15, 0.2) is 23.1 Å². The second-order valence-electron chi connectivity index (χ2n) is 17.6. The first kappa shape index (κ1) is 46.9. The number of hydrogen-bond donors (Lipinski definition) is 2. The number of rotatable bonds is 10. The van der Waals surface area contributed by atoms with Crippen molar-refractivity contribution in [1.29, 1.82) is 0 Å². The Balaban J connectivity index is 0.000000156. The minimum Gasteiger partial charge on any atom is -0.494 e. The minimum absolute atomic E-state index is 0.0608. The number of carbonyl (C=O) groups excluding carboxylic acids is 2. The normalized spacial score (nSPS) is 17.0. The second kappa shape index (κ2) is 18.9. The van der Waals surface area contributed by atoms with Crippen LogP contribution in [0, 0.1) is 23.3 Å². The maximum absolute atomic E-state index is 14.6. The quantitative estimate of drug-likeness (QED) is 0.133. The van der Waals surface area contributed by atoms with Crippen molar-refractivity contribution in [3.8, 4) is 33.8 Å². The average Bonchev–Trinajstić information content (AvgIpc) is 4.17. The summed E-state index contributed by atoms with van der Waals surface area (Å²) in [4.78, 5) is 25.8. The summed E-state index contributed by atoms with van der Waals surface area (Å²) < 4.78 is 79.1. The molecule has 0 saturated carbocycles. The Morgan fingerprint density at radius 3 is 1.22 bits per heavy atom. The molecule has 12 rings (SSSR count). The molecule has 2 N–H and O–H groups in total.